The number of ether oxygens (including phenoxy) is 1. The first-order valence-corrected chi connectivity index (χ1v) is 11.6. The minimum Gasteiger partial charge on any atom is -0.491 e. The van der Waals surface area contributed by atoms with Gasteiger partial charge in [-0.3, -0.25) is 4.79 Å². The molecule has 33 heavy (non-hydrogen) atoms. The summed E-state index contributed by atoms with van der Waals surface area (Å²) in [4.78, 5) is 17.9. The number of para-hydroxylation sites is 1. The number of hydrogen-bond acceptors (Lipinski definition) is 5. The van der Waals surface area contributed by atoms with Gasteiger partial charge in [-0.2, -0.15) is 5.10 Å². The van der Waals surface area contributed by atoms with Gasteiger partial charge in [0.05, 0.1) is 29.2 Å². The molecule has 2 aromatic carbocycles. The Balaban J connectivity index is 1.33. The van der Waals surface area contributed by atoms with Crippen LogP contribution >= 0.6 is 0 Å². The Hall–Kier alpha value is -3.32. The van der Waals surface area contributed by atoms with Crippen molar-refractivity contribution in [3.05, 3.63) is 71.0 Å². The minimum absolute atomic E-state index is 0.0835. The standard InChI is InChI=1S/C26H31N5O2/c1-18-7-4-5-8-23(18)31-19(2)22(16-27-31)26(32)28-20-15-21-24(9-6-10-25(21)33-17-20)30-13-11-29(3)12-14-30/h4-10,16,20H,11-15,17H2,1-3H3,(H,28,32)/t20-/m0/s1. The monoisotopic (exact) mass is 445 g/mol. The molecule has 0 radical (unpaired) electrons. The van der Waals surface area contributed by atoms with Gasteiger partial charge in [-0.15, -0.1) is 0 Å². The van der Waals surface area contributed by atoms with Gasteiger partial charge in [-0.05, 0) is 44.7 Å². The number of amides is 1. The van der Waals surface area contributed by atoms with Crippen LogP contribution in [0.15, 0.2) is 48.7 Å². The minimum atomic E-state index is -0.110. The molecular weight excluding hydrogens is 414 g/mol. The van der Waals surface area contributed by atoms with Crippen molar-refractivity contribution < 1.29 is 9.53 Å². The smallest absolute Gasteiger partial charge is 0.255 e. The maximum Gasteiger partial charge on any atom is 0.255 e. The predicted octanol–water partition coefficient (Wildman–Crippen LogP) is 2.97. The first-order chi connectivity index (χ1) is 16.0. The van der Waals surface area contributed by atoms with Gasteiger partial charge in [0.2, 0.25) is 0 Å². The molecule has 0 unspecified atom stereocenters. The Bertz CT molecular complexity index is 1160. The van der Waals surface area contributed by atoms with Crippen molar-refractivity contribution in [3.8, 4) is 11.4 Å². The van der Waals surface area contributed by atoms with Crippen molar-refractivity contribution in [2.75, 3.05) is 44.7 Å². The second-order valence-electron chi connectivity index (χ2n) is 9.07. The van der Waals surface area contributed by atoms with E-state index in [1.165, 1.54) is 11.3 Å². The molecule has 7 nitrogen and oxygen atoms in total. The average molecular weight is 446 g/mol. The van der Waals surface area contributed by atoms with Crippen LogP contribution in [0.3, 0.4) is 0 Å². The summed E-state index contributed by atoms with van der Waals surface area (Å²) in [6, 6.07) is 14.2. The number of carbonyl (C=O) groups excluding carboxylic acids is 1. The third-order valence-corrected chi connectivity index (χ3v) is 6.78. The highest BCUT2D eigenvalue weighted by Gasteiger charge is 2.27. The summed E-state index contributed by atoms with van der Waals surface area (Å²) in [5.74, 6) is 0.821. The summed E-state index contributed by atoms with van der Waals surface area (Å²) in [6.45, 7) is 8.56. The zero-order valence-corrected chi connectivity index (χ0v) is 19.5. The van der Waals surface area contributed by atoms with E-state index in [-0.39, 0.29) is 11.9 Å². The van der Waals surface area contributed by atoms with E-state index in [0.29, 0.717) is 12.2 Å². The van der Waals surface area contributed by atoms with Gasteiger partial charge in [-0.1, -0.05) is 24.3 Å². The topological polar surface area (TPSA) is 62.6 Å². The highest BCUT2D eigenvalue weighted by Crippen LogP contribution is 2.34. The van der Waals surface area contributed by atoms with Crippen molar-refractivity contribution in [3.63, 3.8) is 0 Å². The fraction of sp³-hybridized carbons (Fsp3) is 0.385. The number of aromatic nitrogens is 2. The molecule has 0 aliphatic carbocycles. The van der Waals surface area contributed by atoms with E-state index in [1.807, 2.05) is 48.9 Å². The number of likely N-dealkylation sites (N-methyl/N-ethyl adjacent to an activating group) is 1. The molecule has 1 atom stereocenters. The van der Waals surface area contributed by atoms with E-state index < -0.39 is 0 Å². The van der Waals surface area contributed by atoms with E-state index in [0.717, 1.165) is 55.3 Å². The van der Waals surface area contributed by atoms with Crippen LogP contribution in [-0.4, -0.2) is 66.5 Å². The molecule has 1 amide bonds. The summed E-state index contributed by atoms with van der Waals surface area (Å²) in [5, 5.41) is 7.68. The number of benzene rings is 2. The van der Waals surface area contributed by atoms with Crippen LogP contribution in [0.4, 0.5) is 5.69 Å². The Morgan fingerprint density at radius 3 is 2.58 bits per heavy atom. The number of carbonyl (C=O) groups is 1. The third-order valence-electron chi connectivity index (χ3n) is 6.78. The molecule has 1 N–H and O–H groups in total. The van der Waals surface area contributed by atoms with Crippen molar-refractivity contribution in [1.82, 2.24) is 20.0 Å². The van der Waals surface area contributed by atoms with Gasteiger partial charge in [-0.25, -0.2) is 4.68 Å². The lowest BCUT2D eigenvalue weighted by molar-refractivity contribution is 0.0914. The van der Waals surface area contributed by atoms with Crippen LogP contribution in [0.2, 0.25) is 0 Å². The molecular formula is C26H31N5O2. The molecule has 0 spiro atoms. The lowest BCUT2D eigenvalue weighted by atomic mass is 9.99. The van der Waals surface area contributed by atoms with Gasteiger partial charge in [0.1, 0.15) is 12.4 Å². The number of aryl methyl sites for hydroxylation is 1. The Kier molecular flexibility index (Phi) is 5.81. The van der Waals surface area contributed by atoms with Crippen LogP contribution < -0.4 is 15.0 Å². The van der Waals surface area contributed by atoms with Crippen LogP contribution in [0, 0.1) is 13.8 Å². The molecule has 172 valence electrons. The number of rotatable bonds is 4. The first-order valence-electron chi connectivity index (χ1n) is 11.6. The van der Waals surface area contributed by atoms with Crippen LogP contribution in [0.1, 0.15) is 27.2 Å². The average Bonchev–Trinajstić information content (AvgIpc) is 3.21. The van der Waals surface area contributed by atoms with Gasteiger partial charge in [0.15, 0.2) is 0 Å². The number of anilines is 1. The molecule has 7 heteroatoms. The molecule has 2 aliphatic rings. The summed E-state index contributed by atoms with van der Waals surface area (Å²) in [5.41, 5.74) is 5.94. The predicted molar refractivity (Wildman–Crippen MR) is 130 cm³/mol. The Morgan fingerprint density at radius 2 is 1.79 bits per heavy atom. The zero-order chi connectivity index (χ0) is 22.9. The normalized spacial score (nSPS) is 18.5. The molecule has 1 saturated heterocycles. The highest BCUT2D eigenvalue weighted by atomic mass is 16.5. The number of hydrogen-bond donors (Lipinski definition) is 1. The lowest BCUT2D eigenvalue weighted by Crippen LogP contribution is -2.46. The summed E-state index contributed by atoms with van der Waals surface area (Å²) in [7, 11) is 2.16. The Morgan fingerprint density at radius 1 is 1.03 bits per heavy atom. The van der Waals surface area contributed by atoms with Crippen molar-refractivity contribution in [2.24, 2.45) is 0 Å². The van der Waals surface area contributed by atoms with Gasteiger partial charge in [0, 0.05) is 43.9 Å². The molecule has 0 saturated carbocycles. The fourth-order valence-corrected chi connectivity index (χ4v) is 4.77. The van der Waals surface area contributed by atoms with Gasteiger partial charge in [0.25, 0.3) is 5.91 Å². The summed E-state index contributed by atoms with van der Waals surface area (Å²) in [6.07, 6.45) is 2.42. The van der Waals surface area contributed by atoms with Crippen molar-refractivity contribution in [2.45, 2.75) is 26.3 Å². The van der Waals surface area contributed by atoms with E-state index in [4.69, 9.17) is 4.74 Å². The van der Waals surface area contributed by atoms with Crippen LogP contribution in [-0.2, 0) is 6.42 Å². The maximum atomic E-state index is 13.2. The quantitative estimate of drug-likeness (QED) is 0.669. The van der Waals surface area contributed by atoms with Crippen molar-refractivity contribution in [1.29, 1.82) is 0 Å². The Labute approximate surface area is 195 Å². The second-order valence-corrected chi connectivity index (χ2v) is 9.07. The number of nitrogens with zero attached hydrogens (tertiary/aromatic N) is 4. The number of fused-ring (bicyclic) bond motifs is 1. The molecule has 1 aromatic heterocycles. The van der Waals surface area contributed by atoms with Crippen LogP contribution in [0.25, 0.3) is 5.69 Å². The lowest BCUT2D eigenvalue weighted by Gasteiger charge is -2.37. The number of piperazine rings is 1. The SMILES string of the molecule is Cc1ccccc1-n1ncc(C(=O)N[C@@H]2COc3cccc(N4CCN(C)CC4)c3C2)c1C. The highest BCUT2D eigenvalue weighted by molar-refractivity contribution is 5.95. The van der Waals surface area contributed by atoms with Gasteiger partial charge < -0.3 is 19.9 Å². The zero-order valence-electron chi connectivity index (χ0n) is 19.5. The maximum absolute atomic E-state index is 13.2. The van der Waals surface area contributed by atoms with Crippen LogP contribution in [0.5, 0.6) is 5.75 Å². The van der Waals surface area contributed by atoms with Crippen molar-refractivity contribution >= 4 is 11.6 Å². The largest absolute Gasteiger partial charge is 0.491 e. The van der Waals surface area contributed by atoms with E-state index in [9.17, 15) is 4.79 Å². The molecule has 0 bridgehead atoms. The van der Waals surface area contributed by atoms with E-state index in [2.05, 4.69) is 39.4 Å². The fourth-order valence-electron chi connectivity index (χ4n) is 4.77. The second kappa shape index (κ2) is 8.90. The third kappa shape index (κ3) is 4.20. The molecule has 3 aromatic rings. The summed E-state index contributed by atoms with van der Waals surface area (Å²) < 4.78 is 7.91. The summed E-state index contributed by atoms with van der Waals surface area (Å²) >= 11 is 0. The first kappa shape index (κ1) is 21.5. The van der Waals surface area contributed by atoms with E-state index >= 15 is 0 Å². The molecule has 1 fully saturated rings. The molecule has 5 rings (SSSR count). The van der Waals surface area contributed by atoms with Gasteiger partial charge >= 0.3 is 0 Å². The molecule has 2 aliphatic heterocycles. The number of nitrogens with one attached hydrogen (secondary N) is 1. The van der Waals surface area contributed by atoms with E-state index in [1.54, 1.807) is 6.20 Å². The molecule has 3 heterocycles.